The van der Waals surface area contributed by atoms with Crippen LogP contribution in [0.15, 0.2) is 29.3 Å². The summed E-state index contributed by atoms with van der Waals surface area (Å²) < 4.78 is 10.7. The van der Waals surface area contributed by atoms with Gasteiger partial charge in [-0.2, -0.15) is 0 Å². The molecule has 0 aliphatic carbocycles. The maximum absolute atomic E-state index is 11.6. The van der Waals surface area contributed by atoms with Crippen LogP contribution < -0.4 is 16.0 Å². The number of carbonyl (C=O) groups excluding carboxylic acids is 1. The van der Waals surface area contributed by atoms with Crippen LogP contribution in [0, 0.1) is 0 Å². The second-order valence-electron chi connectivity index (χ2n) is 6.94. The Morgan fingerprint density at radius 2 is 1.89 bits per heavy atom. The summed E-state index contributed by atoms with van der Waals surface area (Å²) in [6.45, 7) is 7.22. The van der Waals surface area contributed by atoms with Crippen molar-refractivity contribution in [3.63, 3.8) is 0 Å². The fourth-order valence-electron chi connectivity index (χ4n) is 2.25. The van der Waals surface area contributed by atoms with Crippen molar-refractivity contribution in [2.75, 3.05) is 33.8 Å². The SMILES string of the molecule is CN=C(NCCCNC(=O)OC(C)(C)C)NCC(OC)c1cccc(Cl)c1.I. The molecule has 1 amide bonds. The first-order valence-corrected chi connectivity index (χ1v) is 9.32. The Kier molecular flexibility index (Phi) is 13.2. The Labute approximate surface area is 190 Å². The number of halogens is 2. The third-order valence-corrected chi connectivity index (χ3v) is 3.73. The van der Waals surface area contributed by atoms with Crippen molar-refractivity contribution in [1.29, 1.82) is 0 Å². The standard InChI is InChI=1S/C19H31ClN4O3.HI/c1-19(2,3)27-18(25)23-11-7-10-22-17(21-4)24-13-16(26-5)14-8-6-9-15(20)12-14;/h6,8-9,12,16H,7,10-11,13H2,1-5H3,(H,23,25)(H2,21,22,24);1H. The minimum absolute atomic E-state index is 0. The molecular formula is C19H32ClIN4O3. The highest BCUT2D eigenvalue weighted by Crippen LogP contribution is 2.19. The summed E-state index contributed by atoms with van der Waals surface area (Å²) in [7, 11) is 3.36. The largest absolute Gasteiger partial charge is 0.444 e. The van der Waals surface area contributed by atoms with Crippen LogP contribution >= 0.6 is 35.6 Å². The van der Waals surface area contributed by atoms with Gasteiger partial charge in [-0.05, 0) is 44.9 Å². The number of amides is 1. The molecule has 1 aromatic rings. The van der Waals surface area contributed by atoms with Gasteiger partial charge < -0.3 is 25.4 Å². The predicted octanol–water partition coefficient (Wildman–Crippen LogP) is 3.73. The number of hydrogen-bond donors (Lipinski definition) is 3. The van der Waals surface area contributed by atoms with Crippen molar-refractivity contribution in [2.24, 2.45) is 4.99 Å². The Hall–Kier alpha value is -1.26. The molecule has 7 nitrogen and oxygen atoms in total. The van der Waals surface area contributed by atoms with Crippen molar-refractivity contribution >= 4 is 47.6 Å². The molecule has 1 aromatic carbocycles. The molecular weight excluding hydrogens is 495 g/mol. The zero-order valence-corrected chi connectivity index (χ0v) is 20.3. The fraction of sp³-hybridized carbons (Fsp3) is 0.579. The van der Waals surface area contributed by atoms with Gasteiger partial charge in [0.2, 0.25) is 0 Å². The minimum Gasteiger partial charge on any atom is -0.444 e. The van der Waals surface area contributed by atoms with Crippen LogP contribution in [0.1, 0.15) is 38.9 Å². The molecule has 1 rings (SSSR count). The topological polar surface area (TPSA) is 84.0 Å². The van der Waals surface area contributed by atoms with E-state index in [1.807, 2.05) is 45.0 Å². The molecule has 28 heavy (non-hydrogen) atoms. The van der Waals surface area contributed by atoms with E-state index in [1.165, 1.54) is 0 Å². The van der Waals surface area contributed by atoms with E-state index in [9.17, 15) is 4.79 Å². The highest BCUT2D eigenvalue weighted by Gasteiger charge is 2.15. The molecule has 3 N–H and O–H groups in total. The summed E-state index contributed by atoms with van der Waals surface area (Å²) in [6.07, 6.45) is 0.188. The molecule has 0 bridgehead atoms. The van der Waals surface area contributed by atoms with Crippen LogP contribution in [0.3, 0.4) is 0 Å². The van der Waals surface area contributed by atoms with Gasteiger partial charge in [-0.1, -0.05) is 23.7 Å². The van der Waals surface area contributed by atoms with Gasteiger partial charge >= 0.3 is 6.09 Å². The van der Waals surface area contributed by atoms with Gasteiger partial charge in [0, 0.05) is 38.8 Å². The maximum Gasteiger partial charge on any atom is 0.407 e. The van der Waals surface area contributed by atoms with Crippen LogP contribution in [0.4, 0.5) is 4.79 Å². The lowest BCUT2D eigenvalue weighted by molar-refractivity contribution is 0.0527. The second kappa shape index (κ2) is 13.8. The van der Waals surface area contributed by atoms with Gasteiger partial charge in [0.05, 0.1) is 6.10 Å². The fourth-order valence-corrected chi connectivity index (χ4v) is 2.45. The van der Waals surface area contributed by atoms with Crippen LogP contribution in [0.25, 0.3) is 0 Å². The molecule has 0 radical (unpaired) electrons. The van der Waals surface area contributed by atoms with Crippen LogP contribution in [0.5, 0.6) is 0 Å². The molecule has 0 heterocycles. The Balaban J connectivity index is 0.00000729. The van der Waals surface area contributed by atoms with E-state index in [0.717, 1.165) is 12.0 Å². The van der Waals surface area contributed by atoms with Crippen molar-refractivity contribution in [3.05, 3.63) is 34.9 Å². The number of methoxy groups -OCH3 is 1. The summed E-state index contributed by atoms with van der Waals surface area (Å²) in [4.78, 5) is 15.8. The predicted molar refractivity (Wildman–Crippen MR) is 125 cm³/mol. The average molecular weight is 527 g/mol. The van der Waals surface area contributed by atoms with E-state index in [1.54, 1.807) is 14.2 Å². The number of guanidine groups is 1. The molecule has 0 aromatic heterocycles. The Morgan fingerprint density at radius 1 is 1.21 bits per heavy atom. The minimum atomic E-state index is -0.491. The number of nitrogens with one attached hydrogen (secondary N) is 3. The number of ether oxygens (including phenoxy) is 2. The van der Waals surface area contributed by atoms with Gasteiger partial charge in [0.1, 0.15) is 5.60 Å². The lowest BCUT2D eigenvalue weighted by Gasteiger charge is -2.20. The quantitative estimate of drug-likeness (QED) is 0.208. The average Bonchev–Trinajstić information content (AvgIpc) is 2.58. The number of alkyl carbamates (subject to hydrolysis) is 1. The first-order valence-electron chi connectivity index (χ1n) is 8.95. The summed E-state index contributed by atoms with van der Waals surface area (Å²) in [6, 6.07) is 7.58. The van der Waals surface area contributed by atoms with Gasteiger partial charge in [0.15, 0.2) is 5.96 Å². The molecule has 0 spiro atoms. The number of rotatable bonds is 8. The normalized spacial score (nSPS) is 12.6. The molecule has 9 heteroatoms. The van der Waals surface area contributed by atoms with E-state index in [0.29, 0.717) is 30.6 Å². The number of aliphatic imine (C=N–C) groups is 1. The van der Waals surface area contributed by atoms with E-state index in [2.05, 4.69) is 20.9 Å². The second-order valence-corrected chi connectivity index (χ2v) is 7.38. The molecule has 0 saturated heterocycles. The lowest BCUT2D eigenvalue weighted by Crippen LogP contribution is -2.41. The number of hydrogen-bond acceptors (Lipinski definition) is 4. The third-order valence-electron chi connectivity index (χ3n) is 3.50. The Morgan fingerprint density at radius 3 is 2.46 bits per heavy atom. The van der Waals surface area contributed by atoms with Crippen LogP contribution in [-0.2, 0) is 9.47 Å². The molecule has 0 aliphatic heterocycles. The lowest BCUT2D eigenvalue weighted by atomic mass is 10.1. The van der Waals surface area contributed by atoms with Crippen molar-refractivity contribution in [1.82, 2.24) is 16.0 Å². The van der Waals surface area contributed by atoms with Crippen molar-refractivity contribution in [2.45, 2.75) is 38.9 Å². The Bertz CT molecular complexity index is 623. The monoisotopic (exact) mass is 526 g/mol. The molecule has 1 atom stereocenters. The zero-order valence-electron chi connectivity index (χ0n) is 17.2. The molecule has 1 unspecified atom stereocenters. The first kappa shape index (κ1) is 26.7. The smallest absolute Gasteiger partial charge is 0.407 e. The van der Waals surface area contributed by atoms with Crippen molar-refractivity contribution < 1.29 is 14.3 Å². The van der Waals surface area contributed by atoms with Gasteiger partial charge in [0.25, 0.3) is 0 Å². The van der Waals surface area contributed by atoms with E-state index in [4.69, 9.17) is 21.1 Å². The summed E-state index contributed by atoms with van der Waals surface area (Å²) in [5, 5.41) is 9.83. The van der Waals surface area contributed by atoms with E-state index in [-0.39, 0.29) is 30.1 Å². The molecule has 0 aliphatic rings. The number of benzene rings is 1. The molecule has 0 fully saturated rings. The molecule has 0 saturated carbocycles. The maximum atomic E-state index is 11.6. The summed E-state index contributed by atoms with van der Waals surface area (Å²) in [5.74, 6) is 0.663. The highest BCUT2D eigenvalue weighted by molar-refractivity contribution is 14.0. The van der Waals surface area contributed by atoms with Crippen LogP contribution in [-0.4, -0.2) is 51.4 Å². The van der Waals surface area contributed by atoms with Gasteiger partial charge in [-0.25, -0.2) is 4.79 Å². The van der Waals surface area contributed by atoms with Gasteiger partial charge in [-0.3, -0.25) is 4.99 Å². The molecule has 160 valence electrons. The van der Waals surface area contributed by atoms with Crippen LogP contribution in [0.2, 0.25) is 5.02 Å². The highest BCUT2D eigenvalue weighted by atomic mass is 127. The van der Waals surface area contributed by atoms with E-state index >= 15 is 0 Å². The van der Waals surface area contributed by atoms with Gasteiger partial charge in [-0.15, -0.1) is 24.0 Å². The number of nitrogens with zero attached hydrogens (tertiary/aromatic N) is 1. The summed E-state index contributed by atoms with van der Waals surface area (Å²) in [5.41, 5.74) is 0.504. The third kappa shape index (κ3) is 11.6. The van der Waals surface area contributed by atoms with E-state index < -0.39 is 11.7 Å². The first-order chi connectivity index (χ1) is 12.7. The van der Waals surface area contributed by atoms with Crippen molar-refractivity contribution in [3.8, 4) is 0 Å². The number of carbonyl (C=O) groups is 1. The zero-order chi connectivity index (χ0) is 20.3. The summed E-state index contributed by atoms with van der Waals surface area (Å²) >= 11 is 6.04.